The molecule has 2 aromatic carbocycles. The number of hydrogen-bond donors (Lipinski definition) is 1. The van der Waals surface area contributed by atoms with Crippen LogP contribution in [0.2, 0.25) is 5.02 Å². The van der Waals surface area contributed by atoms with E-state index in [9.17, 15) is 18.3 Å². The van der Waals surface area contributed by atoms with Crippen molar-refractivity contribution in [1.82, 2.24) is 0 Å². The molecule has 0 aliphatic heterocycles. The lowest BCUT2D eigenvalue weighted by atomic mass is 10.0. The standard InChI is InChI=1S/C14H10ClF3O.C2H6/c1-8-6-9(3-5-13(8)19)10-2-4-12(15)11(7-10)14(16,17)18;1-2/h2-7,19H,1H3;1-2H3. The molecular formula is C16H16ClF3O. The van der Waals surface area contributed by atoms with Crippen LogP contribution in [-0.4, -0.2) is 5.11 Å². The molecule has 0 radical (unpaired) electrons. The van der Waals surface area contributed by atoms with Gasteiger partial charge in [-0.15, -0.1) is 0 Å². The Balaban J connectivity index is 0.00000106. The van der Waals surface area contributed by atoms with Crippen LogP contribution < -0.4 is 0 Å². The van der Waals surface area contributed by atoms with Gasteiger partial charge in [0.2, 0.25) is 0 Å². The molecule has 1 N–H and O–H groups in total. The minimum absolute atomic E-state index is 0.105. The zero-order chi connectivity index (χ0) is 16.2. The Kier molecular flexibility index (Phi) is 5.67. The van der Waals surface area contributed by atoms with Crippen LogP contribution in [0.1, 0.15) is 25.0 Å². The van der Waals surface area contributed by atoms with Gasteiger partial charge in [-0.2, -0.15) is 13.2 Å². The third-order valence-corrected chi connectivity index (χ3v) is 3.13. The van der Waals surface area contributed by atoms with Crippen molar-refractivity contribution >= 4 is 11.6 Å². The largest absolute Gasteiger partial charge is 0.508 e. The summed E-state index contributed by atoms with van der Waals surface area (Å²) in [5, 5.41) is 9.09. The molecule has 21 heavy (non-hydrogen) atoms. The van der Waals surface area contributed by atoms with Crippen molar-refractivity contribution in [1.29, 1.82) is 0 Å². The summed E-state index contributed by atoms with van der Waals surface area (Å²) >= 11 is 5.56. The molecule has 0 aliphatic rings. The van der Waals surface area contributed by atoms with Gasteiger partial charge in [0.15, 0.2) is 0 Å². The molecule has 2 rings (SSSR count). The van der Waals surface area contributed by atoms with Gasteiger partial charge in [0, 0.05) is 0 Å². The van der Waals surface area contributed by atoms with Gasteiger partial charge in [-0.05, 0) is 47.9 Å². The van der Waals surface area contributed by atoms with Gasteiger partial charge in [-0.3, -0.25) is 0 Å². The Morgan fingerprint density at radius 3 is 2.00 bits per heavy atom. The Labute approximate surface area is 127 Å². The molecule has 0 bridgehead atoms. The molecule has 0 heterocycles. The lowest BCUT2D eigenvalue weighted by molar-refractivity contribution is -0.137. The fraction of sp³-hybridized carbons (Fsp3) is 0.250. The number of phenols is 1. The number of aryl methyl sites for hydroxylation is 1. The van der Waals surface area contributed by atoms with Crippen LogP contribution in [0.5, 0.6) is 5.75 Å². The highest BCUT2D eigenvalue weighted by Gasteiger charge is 2.33. The normalized spacial score (nSPS) is 10.8. The predicted molar refractivity (Wildman–Crippen MR) is 79.6 cm³/mol. The van der Waals surface area contributed by atoms with Gasteiger partial charge in [0.05, 0.1) is 10.6 Å². The minimum Gasteiger partial charge on any atom is -0.508 e. The molecule has 0 spiro atoms. The average molecular weight is 317 g/mol. The zero-order valence-electron chi connectivity index (χ0n) is 11.9. The second kappa shape index (κ2) is 6.85. The summed E-state index contributed by atoms with van der Waals surface area (Å²) in [6, 6.07) is 8.39. The van der Waals surface area contributed by atoms with Crippen LogP contribution in [0.3, 0.4) is 0 Å². The number of rotatable bonds is 1. The monoisotopic (exact) mass is 316 g/mol. The van der Waals surface area contributed by atoms with Crippen molar-refractivity contribution in [3.63, 3.8) is 0 Å². The Morgan fingerprint density at radius 2 is 1.48 bits per heavy atom. The van der Waals surface area contributed by atoms with E-state index in [1.807, 2.05) is 13.8 Å². The van der Waals surface area contributed by atoms with Crippen molar-refractivity contribution in [3.05, 3.63) is 52.5 Å². The molecule has 0 saturated carbocycles. The Hall–Kier alpha value is -1.68. The molecule has 0 unspecified atom stereocenters. The zero-order valence-corrected chi connectivity index (χ0v) is 12.7. The highest BCUT2D eigenvalue weighted by atomic mass is 35.5. The number of phenolic OH excluding ortho intramolecular Hbond substituents is 1. The molecule has 1 nitrogen and oxygen atoms in total. The maximum absolute atomic E-state index is 12.8. The molecular weight excluding hydrogens is 301 g/mol. The van der Waals surface area contributed by atoms with E-state index >= 15 is 0 Å². The molecule has 114 valence electrons. The van der Waals surface area contributed by atoms with Crippen LogP contribution in [0.15, 0.2) is 36.4 Å². The minimum atomic E-state index is -4.49. The van der Waals surface area contributed by atoms with Gasteiger partial charge in [0.1, 0.15) is 5.75 Å². The molecule has 5 heteroatoms. The van der Waals surface area contributed by atoms with Crippen LogP contribution in [0, 0.1) is 6.92 Å². The summed E-state index contributed by atoms with van der Waals surface area (Å²) in [6.45, 7) is 5.68. The summed E-state index contributed by atoms with van der Waals surface area (Å²) < 4.78 is 38.3. The van der Waals surface area contributed by atoms with Gasteiger partial charge >= 0.3 is 6.18 Å². The van der Waals surface area contributed by atoms with E-state index in [-0.39, 0.29) is 10.8 Å². The van der Waals surface area contributed by atoms with Gasteiger partial charge in [-0.25, -0.2) is 0 Å². The first kappa shape index (κ1) is 17.4. The molecule has 2 aromatic rings. The summed E-state index contributed by atoms with van der Waals surface area (Å²) in [5.74, 6) is 0.105. The maximum Gasteiger partial charge on any atom is 0.417 e. The van der Waals surface area contributed by atoms with Crippen LogP contribution in [0.25, 0.3) is 11.1 Å². The van der Waals surface area contributed by atoms with E-state index in [1.54, 1.807) is 19.1 Å². The van der Waals surface area contributed by atoms with Crippen molar-refractivity contribution in [2.75, 3.05) is 0 Å². The Bertz CT molecular complexity index is 621. The quantitative estimate of drug-likeness (QED) is 0.677. The molecule has 0 saturated heterocycles. The summed E-state index contributed by atoms with van der Waals surface area (Å²) in [6.07, 6.45) is -4.49. The number of benzene rings is 2. The van der Waals surface area contributed by atoms with E-state index in [2.05, 4.69) is 0 Å². The number of aromatic hydroxyl groups is 1. The SMILES string of the molecule is CC.Cc1cc(-c2ccc(Cl)c(C(F)(F)F)c2)ccc1O. The topological polar surface area (TPSA) is 20.2 Å². The van der Waals surface area contributed by atoms with Crippen LogP contribution in [0.4, 0.5) is 13.2 Å². The predicted octanol–water partition coefficient (Wildman–Crippen LogP) is 6.07. The smallest absolute Gasteiger partial charge is 0.417 e. The average Bonchev–Trinajstić information content (AvgIpc) is 2.43. The van der Waals surface area contributed by atoms with Gasteiger partial charge in [0.25, 0.3) is 0 Å². The second-order valence-electron chi connectivity index (χ2n) is 4.19. The van der Waals surface area contributed by atoms with Crippen molar-refractivity contribution in [2.45, 2.75) is 26.9 Å². The molecule has 0 aromatic heterocycles. The highest BCUT2D eigenvalue weighted by molar-refractivity contribution is 6.31. The first-order valence-corrected chi connectivity index (χ1v) is 6.83. The lowest BCUT2D eigenvalue weighted by Crippen LogP contribution is -2.05. The first-order valence-electron chi connectivity index (χ1n) is 6.46. The third-order valence-electron chi connectivity index (χ3n) is 2.80. The molecule has 0 amide bonds. The highest BCUT2D eigenvalue weighted by Crippen LogP contribution is 2.37. The van der Waals surface area contributed by atoms with Gasteiger partial charge < -0.3 is 5.11 Å². The van der Waals surface area contributed by atoms with E-state index < -0.39 is 11.7 Å². The summed E-state index contributed by atoms with van der Waals surface area (Å²) in [7, 11) is 0. The van der Waals surface area contributed by atoms with Crippen LogP contribution in [-0.2, 0) is 6.18 Å². The maximum atomic E-state index is 12.8. The number of hydrogen-bond acceptors (Lipinski definition) is 1. The van der Waals surface area contributed by atoms with E-state index in [0.29, 0.717) is 16.7 Å². The fourth-order valence-electron chi connectivity index (χ4n) is 1.76. The van der Waals surface area contributed by atoms with E-state index in [4.69, 9.17) is 11.6 Å². The third kappa shape index (κ3) is 4.14. The van der Waals surface area contributed by atoms with E-state index in [0.717, 1.165) is 6.07 Å². The van der Waals surface area contributed by atoms with Crippen molar-refractivity contribution < 1.29 is 18.3 Å². The fourth-order valence-corrected chi connectivity index (χ4v) is 1.98. The number of halogens is 4. The second-order valence-corrected chi connectivity index (χ2v) is 4.60. The molecule has 0 atom stereocenters. The van der Waals surface area contributed by atoms with Crippen LogP contribution >= 0.6 is 11.6 Å². The van der Waals surface area contributed by atoms with Crippen molar-refractivity contribution in [2.24, 2.45) is 0 Å². The first-order chi connectivity index (χ1) is 9.79. The molecule has 0 aliphatic carbocycles. The Morgan fingerprint density at radius 1 is 0.952 bits per heavy atom. The lowest BCUT2D eigenvalue weighted by Gasteiger charge is -2.11. The van der Waals surface area contributed by atoms with Gasteiger partial charge in [-0.1, -0.05) is 37.6 Å². The van der Waals surface area contributed by atoms with E-state index in [1.165, 1.54) is 18.2 Å². The number of alkyl halides is 3. The molecule has 0 fully saturated rings. The van der Waals surface area contributed by atoms with Crippen molar-refractivity contribution in [3.8, 4) is 16.9 Å². The summed E-state index contributed by atoms with van der Waals surface area (Å²) in [5.41, 5.74) is 0.732. The summed E-state index contributed by atoms with van der Waals surface area (Å²) in [4.78, 5) is 0.